The van der Waals surface area contributed by atoms with Gasteiger partial charge in [0.2, 0.25) is 15.9 Å². The molecule has 1 aromatic rings. The lowest BCUT2D eigenvalue weighted by Crippen LogP contribution is -2.54. The monoisotopic (exact) mass is 459 g/mol. The van der Waals surface area contributed by atoms with Crippen molar-refractivity contribution in [2.45, 2.75) is 37.2 Å². The van der Waals surface area contributed by atoms with Crippen molar-refractivity contribution in [3.8, 4) is 0 Å². The number of amides is 1. The van der Waals surface area contributed by atoms with E-state index < -0.39 is 15.8 Å². The van der Waals surface area contributed by atoms with E-state index in [1.807, 2.05) is 7.05 Å². The van der Waals surface area contributed by atoms with Crippen LogP contribution in [0.15, 0.2) is 23.1 Å². The highest BCUT2D eigenvalue weighted by Gasteiger charge is 2.41. The molecular formula is C20H30FN3O6S. The zero-order valence-corrected chi connectivity index (χ0v) is 18.6. The minimum absolute atomic E-state index is 0.0222. The fourth-order valence-corrected chi connectivity index (χ4v) is 5.41. The van der Waals surface area contributed by atoms with E-state index in [9.17, 15) is 22.7 Å². The third-order valence-corrected chi connectivity index (χ3v) is 7.23. The van der Waals surface area contributed by atoms with Crippen LogP contribution >= 0.6 is 0 Å². The number of rotatable bonds is 4. The molecule has 1 spiro atoms. The Bertz CT molecular complexity index is 875. The first-order chi connectivity index (χ1) is 14.5. The number of carboxylic acid groups (broad SMARTS) is 1. The molecule has 0 radical (unpaired) electrons. The Hall–Kier alpha value is -2.08. The maximum absolute atomic E-state index is 13.3. The van der Waals surface area contributed by atoms with Crippen LogP contribution in [0.4, 0.5) is 4.39 Å². The van der Waals surface area contributed by atoms with Crippen molar-refractivity contribution < 1.29 is 32.6 Å². The van der Waals surface area contributed by atoms with Gasteiger partial charge in [0.15, 0.2) is 0 Å². The van der Waals surface area contributed by atoms with Crippen molar-refractivity contribution in [2.24, 2.45) is 5.41 Å². The average molecular weight is 460 g/mol. The van der Waals surface area contributed by atoms with Gasteiger partial charge in [-0.15, -0.1) is 0 Å². The van der Waals surface area contributed by atoms with Gasteiger partial charge in [-0.1, -0.05) is 0 Å². The number of benzene rings is 1. The minimum atomic E-state index is -3.88. The van der Waals surface area contributed by atoms with Gasteiger partial charge in [0.1, 0.15) is 5.82 Å². The van der Waals surface area contributed by atoms with Gasteiger partial charge in [-0.25, -0.2) is 17.5 Å². The Morgan fingerprint density at radius 1 is 1.35 bits per heavy atom. The van der Waals surface area contributed by atoms with Crippen LogP contribution in [0.1, 0.15) is 24.8 Å². The fraction of sp³-hybridized carbons (Fsp3) is 0.600. The highest BCUT2D eigenvalue weighted by Crippen LogP contribution is 2.39. The Labute approximate surface area is 181 Å². The van der Waals surface area contributed by atoms with Gasteiger partial charge in [-0.3, -0.25) is 9.59 Å². The normalized spacial score (nSPS) is 21.3. The number of hydrogen-bond acceptors (Lipinski definition) is 6. The van der Waals surface area contributed by atoms with Crippen molar-refractivity contribution >= 4 is 22.4 Å². The Morgan fingerprint density at radius 3 is 2.52 bits per heavy atom. The largest absolute Gasteiger partial charge is 0.483 e. The van der Waals surface area contributed by atoms with E-state index in [0.29, 0.717) is 19.6 Å². The van der Waals surface area contributed by atoms with Crippen LogP contribution in [0.2, 0.25) is 0 Å². The van der Waals surface area contributed by atoms with Crippen molar-refractivity contribution in [1.29, 1.82) is 0 Å². The highest BCUT2D eigenvalue weighted by molar-refractivity contribution is 7.89. The predicted molar refractivity (Wildman–Crippen MR) is 111 cm³/mol. The molecule has 3 N–H and O–H groups in total. The number of aliphatic hydroxyl groups is 1. The van der Waals surface area contributed by atoms with Crippen molar-refractivity contribution in [2.75, 3.05) is 39.8 Å². The van der Waals surface area contributed by atoms with Crippen LogP contribution in [-0.2, 0) is 19.6 Å². The molecule has 0 aliphatic carbocycles. The van der Waals surface area contributed by atoms with Crippen LogP contribution in [0.5, 0.6) is 0 Å². The number of nitrogens with one attached hydrogen (secondary N) is 1. The third-order valence-electron chi connectivity index (χ3n) is 5.83. The van der Waals surface area contributed by atoms with Gasteiger partial charge in [-0.05, 0) is 62.4 Å². The molecule has 31 heavy (non-hydrogen) atoms. The summed E-state index contributed by atoms with van der Waals surface area (Å²) in [7, 11) is -1.89. The number of carbonyl (C=O) groups is 2. The van der Waals surface area contributed by atoms with Gasteiger partial charge < -0.3 is 20.0 Å². The average Bonchev–Trinajstić information content (AvgIpc) is 2.68. The number of carbonyl (C=O) groups excluding carboxylic acids is 1. The number of nitrogens with zero attached hydrogens (tertiary/aromatic N) is 2. The molecule has 1 unspecified atom stereocenters. The fourth-order valence-electron chi connectivity index (χ4n) is 4.35. The number of β-amino-alcohol motifs (C(OH)–C–C–N with tert-alkyl or cyclic N) is 1. The van der Waals surface area contributed by atoms with Gasteiger partial charge in [0.25, 0.3) is 6.47 Å². The minimum Gasteiger partial charge on any atom is -0.483 e. The predicted octanol–water partition coefficient (Wildman–Crippen LogP) is 0.418. The number of aryl methyl sites for hydroxylation is 1. The molecule has 2 aliphatic heterocycles. The summed E-state index contributed by atoms with van der Waals surface area (Å²) in [5.41, 5.74) is 0.254. The molecule has 2 aliphatic rings. The lowest BCUT2D eigenvalue weighted by molar-refractivity contribution is -0.133. The summed E-state index contributed by atoms with van der Waals surface area (Å²) in [5.74, 6) is -0.752. The Balaban J connectivity index is 0.00000107. The molecule has 2 saturated heterocycles. The number of aliphatic hydroxyl groups excluding tert-OH is 1. The molecule has 1 atom stereocenters. The van der Waals surface area contributed by atoms with E-state index in [4.69, 9.17) is 9.90 Å². The molecule has 9 nitrogen and oxygen atoms in total. The van der Waals surface area contributed by atoms with Crippen LogP contribution in [0.3, 0.4) is 0 Å². The van der Waals surface area contributed by atoms with Gasteiger partial charge in [0.05, 0.1) is 17.5 Å². The molecule has 2 heterocycles. The number of halogens is 1. The van der Waals surface area contributed by atoms with Crippen LogP contribution < -0.4 is 4.72 Å². The summed E-state index contributed by atoms with van der Waals surface area (Å²) in [5, 5.41) is 17.0. The molecule has 174 valence electrons. The molecule has 1 aromatic carbocycles. The summed E-state index contributed by atoms with van der Waals surface area (Å²) < 4.78 is 40.4. The van der Waals surface area contributed by atoms with Gasteiger partial charge in [-0.2, -0.15) is 0 Å². The van der Waals surface area contributed by atoms with E-state index in [2.05, 4.69) is 9.62 Å². The maximum atomic E-state index is 13.3. The SMILES string of the molecule is Cc1cc(S(=O)(=O)NCC(=O)N2CCC3(CC2)CC(O)CN(C)C3)ccc1F.O=CO. The van der Waals surface area contributed by atoms with E-state index >= 15 is 0 Å². The first-order valence-corrected chi connectivity index (χ1v) is 11.5. The second-order valence-corrected chi connectivity index (χ2v) is 10.0. The van der Waals surface area contributed by atoms with Crippen molar-refractivity contribution in [3.63, 3.8) is 0 Å². The standard InChI is InChI=1S/C19H28FN3O4S.CH2O2/c1-14-9-16(3-4-17(14)20)28(26,27)21-11-18(25)23-7-5-19(6-8-23)10-15(24)12-22(2)13-19;2-1-3/h3-4,9,15,21,24H,5-8,10-13H2,1-2H3;1H,(H,2,3). The summed E-state index contributed by atoms with van der Waals surface area (Å²) in [6.45, 7) is 3.60. The molecule has 11 heteroatoms. The Morgan fingerprint density at radius 2 is 1.97 bits per heavy atom. The first kappa shape index (κ1) is 25.2. The summed E-state index contributed by atoms with van der Waals surface area (Å²) in [6, 6.07) is 3.54. The van der Waals surface area contributed by atoms with Gasteiger partial charge >= 0.3 is 0 Å². The first-order valence-electron chi connectivity index (χ1n) is 10.00. The third kappa shape index (κ3) is 6.70. The van der Waals surface area contributed by atoms with E-state index in [0.717, 1.165) is 31.9 Å². The van der Waals surface area contributed by atoms with Crippen molar-refractivity contribution in [3.05, 3.63) is 29.6 Å². The van der Waals surface area contributed by atoms with E-state index in [-0.39, 0.29) is 40.9 Å². The molecule has 2 fully saturated rings. The quantitative estimate of drug-likeness (QED) is 0.557. The summed E-state index contributed by atoms with van der Waals surface area (Å²) in [4.78, 5) is 24.6. The molecule has 0 bridgehead atoms. The summed E-state index contributed by atoms with van der Waals surface area (Å²) >= 11 is 0. The zero-order chi connectivity index (χ0) is 23.2. The summed E-state index contributed by atoms with van der Waals surface area (Å²) in [6.07, 6.45) is 2.00. The smallest absolute Gasteiger partial charge is 0.290 e. The number of likely N-dealkylation sites (N-methyl/N-ethyl adjacent to an activating group) is 1. The van der Waals surface area contributed by atoms with E-state index in [1.165, 1.54) is 19.1 Å². The van der Waals surface area contributed by atoms with Crippen LogP contribution in [-0.4, -0.2) is 86.7 Å². The van der Waals surface area contributed by atoms with Crippen LogP contribution in [0, 0.1) is 18.2 Å². The highest BCUT2D eigenvalue weighted by atomic mass is 32.2. The number of hydrogen-bond donors (Lipinski definition) is 3. The number of likely N-dealkylation sites (tertiary alicyclic amines) is 2. The molecule has 3 rings (SSSR count). The maximum Gasteiger partial charge on any atom is 0.290 e. The molecule has 1 amide bonds. The second-order valence-electron chi connectivity index (χ2n) is 8.28. The lowest BCUT2D eigenvalue weighted by Gasteiger charge is -2.48. The lowest BCUT2D eigenvalue weighted by atomic mass is 9.72. The zero-order valence-electron chi connectivity index (χ0n) is 17.8. The topological polar surface area (TPSA) is 127 Å². The second kappa shape index (κ2) is 10.5. The van der Waals surface area contributed by atoms with Crippen LogP contribution in [0.25, 0.3) is 0 Å². The van der Waals surface area contributed by atoms with E-state index in [1.54, 1.807) is 4.90 Å². The number of sulfonamides is 1. The van der Waals surface area contributed by atoms with Gasteiger partial charge in [0, 0.05) is 26.2 Å². The molecule has 0 aromatic heterocycles. The molecule has 0 saturated carbocycles. The molecular weight excluding hydrogens is 429 g/mol. The number of piperidine rings is 2. The Kier molecular flexibility index (Phi) is 8.52. The van der Waals surface area contributed by atoms with Crippen molar-refractivity contribution in [1.82, 2.24) is 14.5 Å².